The number of sulfonamides is 1. The van der Waals surface area contributed by atoms with Crippen molar-refractivity contribution in [3.8, 4) is 0 Å². The number of aromatic nitrogens is 3. The minimum atomic E-state index is -3.51. The second-order valence-corrected chi connectivity index (χ2v) is 10.6. The van der Waals surface area contributed by atoms with Crippen molar-refractivity contribution in [1.82, 2.24) is 19.3 Å². The zero-order chi connectivity index (χ0) is 22.6. The number of carbonyl (C=O) groups excluding carboxylic acids is 1. The first-order chi connectivity index (χ1) is 15.5. The van der Waals surface area contributed by atoms with E-state index < -0.39 is 10.0 Å². The molecule has 2 aromatic carbocycles. The number of hydrogen-bond acceptors (Lipinski definition) is 6. The van der Waals surface area contributed by atoms with E-state index in [1.54, 1.807) is 38.9 Å². The first kappa shape index (κ1) is 22.8. The molecule has 1 fully saturated rings. The molecule has 32 heavy (non-hydrogen) atoms. The number of anilines is 1. The maximum Gasteiger partial charge on any atom is 0.243 e. The molecule has 1 aliphatic rings. The number of hydrogen-bond donors (Lipinski definition) is 1. The summed E-state index contributed by atoms with van der Waals surface area (Å²) in [5, 5.41) is 11.2. The third-order valence-electron chi connectivity index (χ3n) is 5.57. The maximum absolute atomic E-state index is 12.9. The highest BCUT2D eigenvalue weighted by molar-refractivity contribution is 7.98. The van der Waals surface area contributed by atoms with Crippen LogP contribution in [0.4, 0.5) is 5.69 Å². The molecule has 0 aliphatic carbocycles. The standard InChI is InChI=1S/C22H27N5O3S2/c1-31-18-8-5-7-17(15-18)23-22(28)9-6-14-27-21-11-10-19(16-20(21)24-25-27)32(29,30)26-12-3-2-4-13-26/h5,7-8,10-11,15-16H,2-4,6,9,12-14H2,1H3,(H,23,28). The van der Waals surface area contributed by atoms with Crippen LogP contribution in [-0.2, 0) is 21.4 Å². The highest BCUT2D eigenvalue weighted by atomic mass is 32.2. The van der Waals surface area contributed by atoms with Gasteiger partial charge < -0.3 is 5.32 Å². The fraction of sp³-hybridized carbons (Fsp3) is 0.409. The van der Waals surface area contributed by atoms with Crippen molar-refractivity contribution in [1.29, 1.82) is 0 Å². The van der Waals surface area contributed by atoms with Gasteiger partial charge in [-0.3, -0.25) is 4.79 Å². The van der Waals surface area contributed by atoms with Crippen LogP contribution in [0.2, 0.25) is 0 Å². The van der Waals surface area contributed by atoms with Crippen LogP contribution in [0.5, 0.6) is 0 Å². The van der Waals surface area contributed by atoms with Crippen molar-refractivity contribution < 1.29 is 13.2 Å². The second kappa shape index (κ2) is 10.0. The van der Waals surface area contributed by atoms with E-state index in [1.807, 2.05) is 30.5 Å². The molecule has 0 bridgehead atoms. The van der Waals surface area contributed by atoms with Crippen LogP contribution in [0, 0.1) is 0 Å². The van der Waals surface area contributed by atoms with Gasteiger partial charge in [-0.2, -0.15) is 4.31 Å². The summed E-state index contributed by atoms with van der Waals surface area (Å²) < 4.78 is 29.1. The molecule has 1 aromatic heterocycles. The summed E-state index contributed by atoms with van der Waals surface area (Å²) in [5.74, 6) is -0.0532. The quantitative estimate of drug-likeness (QED) is 0.501. The van der Waals surface area contributed by atoms with Crippen LogP contribution in [0.1, 0.15) is 32.1 Å². The molecule has 0 radical (unpaired) electrons. The van der Waals surface area contributed by atoms with Crippen LogP contribution in [0.15, 0.2) is 52.3 Å². The minimum absolute atomic E-state index is 0.0532. The lowest BCUT2D eigenvalue weighted by Crippen LogP contribution is -2.35. The number of piperidine rings is 1. The van der Waals surface area contributed by atoms with E-state index in [-0.39, 0.29) is 10.8 Å². The molecule has 1 saturated heterocycles. The number of nitrogens with zero attached hydrogens (tertiary/aromatic N) is 4. The van der Waals surface area contributed by atoms with Gasteiger partial charge in [-0.15, -0.1) is 16.9 Å². The summed E-state index contributed by atoms with van der Waals surface area (Å²) >= 11 is 1.63. The number of nitrogens with one attached hydrogen (secondary N) is 1. The van der Waals surface area contributed by atoms with Crippen LogP contribution in [0.3, 0.4) is 0 Å². The number of benzene rings is 2. The third kappa shape index (κ3) is 5.13. The number of carbonyl (C=O) groups is 1. The highest BCUT2D eigenvalue weighted by Gasteiger charge is 2.26. The van der Waals surface area contributed by atoms with Gasteiger partial charge in [0.25, 0.3) is 0 Å². The van der Waals surface area contributed by atoms with Crippen molar-refractivity contribution in [3.05, 3.63) is 42.5 Å². The molecule has 2 heterocycles. The molecule has 1 aliphatic heterocycles. The lowest BCUT2D eigenvalue weighted by Gasteiger charge is -2.25. The van der Waals surface area contributed by atoms with Crippen LogP contribution in [0.25, 0.3) is 11.0 Å². The zero-order valence-corrected chi connectivity index (χ0v) is 19.7. The van der Waals surface area contributed by atoms with Gasteiger partial charge in [-0.25, -0.2) is 13.1 Å². The smallest absolute Gasteiger partial charge is 0.243 e. The van der Waals surface area contributed by atoms with E-state index in [2.05, 4.69) is 15.6 Å². The van der Waals surface area contributed by atoms with Gasteiger partial charge in [0.05, 0.1) is 10.4 Å². The summed E-state index contributed by atoms with van der Waals surface area (Å²) in [4.78, 5) is 13.6. The lowest BCUT2D eigenvalue weighted by molar-refractivity contribution is -0.116. The number of thioether (sulfide) groups is 1. The number of rotatable bonds is 8. The molecular formula is C22H27N5O3S2. The van der Waals surface area contributed by atoms with Crippen molar-refractivity contribution in [2.75, 3.05) is 24.7 Å². The fourth-order valence-electron chi connectivity index (χ4n) is 3.85. The first-order valence-corrected chi connectivity index (χ1v) is 13.4. The van der Waals surface area contributed by atoms with Crippen molar-refractivity contribution >= 4 is 44.4 Å². The lowest BCUT2D eigenvalue weighted by atomic mass is 10.2. The molecule has 0 unspecified atom stereocenters. The van der Waals surface area contributed by atoms with Gasteiger partial charge in [-0.05, 0) is 61.9 Å². The fourth-order valence-corrected chi connectivity index (χ4v) is 5.84. The topological polar surface area (TPSA) is 97.2 Å². The Morgan fingerprint density at radius 3 is 2.72 bits per heavy atom. The van der Waals surface area contributed by atoms with Gasteiger partial charge in [0.15, 0.2) is 0 Å². The van der Waals surface area contributed by atoms with Gasteiger partial charge in [0, 0.05) is 36.6 Å². The van der Waals surface area contributed by atoms with Gasteiger partial charge in [-0.1, -0.05) is 17.7 Å². The molecule has 3 aromatic rings. The van der Waals surface area contributed by atoms with E-state index in [9.17, 15) is 13.2 Å². The van der Waals surface area contributed by atoms with Gasteiger partial charge >= 0.3 is 0 Å². The summed E-state index contributed by atoms with van der Waals surface area (Å²) in [6, 6.07) is 12.7. The Morgan fingerprint density at radius 2 is 1.94 bits per heavy atom. The SMILES string of the molecule is CSc1cccc(NC(=O)CCCn2nnc3cc(S(=O)(=O)N4CCCCC4)ccc32)c1. The molecular weight excluding hydrogens is 446 g/mol. The number of amides is 1. The Bertz CT molecular complexity index is 1200. The van der Waals surface area contributed by atoms with Crippen molar-refractivity contribution in [2.24, 2.45) is 0 Å². The second-order valence-electron chi connectivity index (χ2n) is 7.81. The molecule has 0 atom stereocenters. The Labute approximate surface area is 192 Å². The largest absolute Gasteiger partial charge is 0.326 e. The predicted molar refractivity (Wildman–Crippen MR) is 126 cm³/mol. The third-order valence-corrected chi connectivity index (χ3v) is 8.19. The Hall–Kier alpha value is -2.43. The van der Waals surface area contributed by atoms with E-state index in [0.29, 0.717) is 38.0 Å². The van der Waals surface area contributed by atoms with Gasteiger partial charge in [0.2, 0.25) is 15.9 Å². The first-order valence-electron chi connectivity index (χ1n) is 10.7. The maximum atomic E-state index is 12.9. The highest BCUT2D eigenvalue weighted by Crippen LogP contribution is 2.24. The molecule has 0 saturated carbocycles. The van der Waals surface area contributed by atoms with E-state index in [4.69, 9.17) is 0 Å². The predicted octanol–water partition coefficient (Wildman–Crippen LogP) is 3.75. The Balaban J connectivity index is 1.37. The summed E-state index contributed by atoms with van der Waals surface area (Å²) in [5.41, 5.74) is 2.09. The molecule has 170 valence electrons. The summed E-state index contributed by atoms with van der Waals surface area (Å²) in [7, 11) is -3.51. The van der Waals surface area contributed by atoms with E-state index in [0.717, 1.165) is 35.4 Å². The number of fused-ring (bicyclic) bond motifs is 1. The zero-order valence-electron chi connectivity index (χ0n) is 18.0. The summed E-state index contributed by atoms with van der Waals surface area (Å²) in [6.07, 6.45) is 5.81. The Morgan fingerprint density at radius 1 is 1.12 bits per heavy atom. The van der Waals surface area contributed by atoms with Crippen molar-refractivity contribution in [2.45, 2.75) is 48.4 Å². The minimum Gasteiger partial charge on any atom is -0.326 e. The van der Waals surface area contributed by atoms with Crippen molar-refractivity contribution in [3.63, 3.8) is 0 Å². The normalized spacial score (nSPS) is 15.2. The van der Waals surface area contributed by atoms with Crippen LogP contribution < -0.4 is 5.32 Å². The number of aryl methyl sites for hydroxylation is 1. The average Bonchev–Trinajstić information content (AvgIpc) is 3.22. The molecule has 10 heteroatoms. The van der Waals surface area contributed by atoms with Gasteiger partial charge in [0.1, 0.15) is 5.52 Å². The van der Waals surface area contributed by atoms with E-state index in [1.165, 1.54) is 0 Å². The summed E-state index contributed by atoms with van der Waals surface area (Å²) in [6.45, 7) is 1.65. The average molecular weight is 474 g/mol. The van der Waals surface area contributed by atoms with E-state index >= 15 is 0 Å². The molecule has 1 N–H and O–H groups in total. The molecule has 4 rings (SSSR count). The molecule has 8 nitrogen and oxygen atoms in total. The van der Waals surface area contributed by atoms with Crippen LogP contribution >= 0.6 is 11.8 Å². The Kier molecular flexibility index (Phi) is 7.12. The molecule has 0 spiro atoms. The monoisotopic (exact) mass is 473 g/mol. The molecule has 1 amide bonds. The van der Waals surface area contributed by atoms with Crippen LogP contribution in [-0.4, -0.2) is 53.0 Å².